The van der Waals surface area contributed by atoms with E-state index in [4.69, 9.17) is 4.74 Å². The zero-order chi connectivity index (χ0) is 17.4. The summed E-state index contributed by atoms with van der Waals surface area (Å²) >= 11 is 0. The van der Waals surface area contributed by atoms with Gasteiger partial charge in [-0.25, -0.2) is 4.79 Å². The van der Waals surface area contributed by atoms with Gasteiger partial charge in [-0.3, -0.25) is 4.79 Å². The Balaban J connectivity index is 1.76. The summed E-state index contributed by atoms with van der Waals surface area (Å²) in [4.78, 5) is 23.4. The molecule has 0 bridgehead atoms. The molecule has 0 heterocycles. The van der Waals surface area contributed by atoms with Crippen molar-refractivity contribution in [3.63, 3.8) is 0 Å². The van der Waals surface area contributed by atoms with Gasteiger partial charge in [0.05, 0.1) is 12.7 Å². The van der Waals surface area contributed by atoms with E-state index in [9.17, 15) is 9.59 Å². The predicted octanol–water partition coefficient (Wildman–Crippen LogP) is 2.60. The van der Waals surface area contributed by atoms with Crippen LogP contribution >= 0.6 is 0 Å². The number of amides is 1. The minimum Gasteiger partial charge on any atom is -0.481 e. The first-order valence-electron chi connectivity index (χ1n) is 7.77. The first-order chi connectivity index (χ1) is 11.6. The fraction of sp³-hybridized carbons (Fsp3) is 0.263. The molecule has 0 radical (unpaired) electrons. The summed E-state index contributed by atoms with van der Waals surface area (Å²) in [6.45, 7) is 2.21. The lowest BCUT2D eigenvalue weighted by Gasteiger charge is -2.14. The number of hydrogen-bond donors (Lipinski definition) is 1. The molecule has 2 aromatic rings. The van der Waals surface area contributed by atoms with Crippen molar-refractivity contribution in [1.82, 2.24) is 5.32 Å². The summed E-state index contributed by atoms with van der Waals surface area (Å²) in [7, 11) is 1.35. The van der Waals surface area contributed by atoms with E-state index in [1.807, 2.05) is 42.5 Å². The third-order valence-electron chi connectivity index (χ3n) is 3.51. The first-order valence-corrected chi connectivity index (χ1v) is 7.77. The van der Waals surface area contributed by atoms with Gasteiger partial charge in [0.1, 0.15) is 5.75 Å². The number of benzene rings is 2. The molecule has 1 N–H and O–H groups in total. The van der Waals surface area contributed by atoms with Crippen molar-refractivity contribution < 1.29 is 19.1 Å². The summed E-state index contributed by atoms with van der Waals surface area (Å²) in [6.07, 6.45) is 0.111. The molecule has 24 heavy (non-hydrogen) atoms. The SMILES string of the molecule is COC(=O)c1ccc(CCNC(=O)C(C)Oc2ccccc2)cc1. The number of methoxy groups -OCH3 is 1. The number of carbonyl (C=O) groups is 2. The Labute approximate surface area is 141 Å². The molecule has 0 aliphatic rings. The van der Waals surface area contributed by atoms with Crippen LogP contribution in [-0.4, -0.2) is 31.6 Å². The van der Waals surface area contributed by atoms with E-state index in [0.717, 1.165) is 5.56 Å². The van der Waals surface area contributed by atoms with E-state index in [0.29, 0.717) is 24.3 Å². The van der Waals surface area contributed by atoms with Gasteiger partial charge in [0.25, 0.3) is 5.91 Å². The lowest BCUT2D eigenvalue weighted by Crippen LogP contribution is -2.37. The average Bonchev–Trinajstić information content (AvgIpc) is 2.62. The maximum Gasteiger partial charge on any atom is 0.337 e. The highest BCUT2D eigenvalue weighted by Crippen LogP contribution is 2.11. The topological polar surface area (TPSA) is 64.6 Å². The van der Waals surface area contributed by atoms with Gasteiger partial charge in [-0.15, -0.1) is 0 Å². The maximum atomic E-state index is 12.0. The third kappa shape index (κ3) is 5.12. The number of carbonyl (C=O) groups excluding carboxylic acids is 2. The zero-order valence-electron chi connectivity index (χ0n) is 13.8. The van der Waals surface area contributed by atoms with Crippen LogP contribution in [0.1, 0.15) is 22.8 Å². The van der Waals surface area contributed by atoms with E-state index in [1.54, 1.807) is 19.1 Å². The molecule has 0 saturated heterocycles. The monoisotopic (exact) mass is 327 g/mol. The fourth-order valence-corrected chi connectivity index (χ4v) is 2.16. The quantitative estimate of drug-likeness (QED) is 0.794. The largest absolute Gasteiger partial charge is 0.481 e. The first kappa shape index (κ1) is 17.5. The van der Waals surface area contributed by atoms with Gasteiger partial charge in [-0.2, -0.15) is 0 Å². The van der Waals surface area contributed by atoms with Crippen molar-refractivity contribution in [2.75, 3.05) is 13.7 Å². The normalized spacial score (nSPS) is 11.4. The van der Waals surface area contributed by atoms with Crippen molar-refractivity contribution in [3.05, 3.63) is 65.7 Å². The summed E-state index contributed by atoms with van der Waals surface area (Å²) in [6, 6.07) is 16.4. The van der Waals surface area contributed by atoms with Crippen LogP contribution in [0.4, 0.5) is 0 Å². The second-order valence-corrected chi connectivity index (χ2v) is 5.30. The second-order valence-electron chi connectivity index (χ2n) is 5.30. The molecule has 0 aromatic heterocycles. The van der Waals surface area contributed by atoms with Gasteiger partial charge >= 0.3 is 5.97 Å². The van der Waals surface area contributed by atoms with E-state index in [1.165, 1.54) is 7.11 Å². The van der Waals surface area contributed by atoms with Gasteiger partial charge in [-0.05, 0) is 43.2 Å². The molecule has 1 amide bonds. The van der Waals surface area contributed by atoms with Crippen molar-refractivity contribution >= 4 is 11.9 Å². The molecule has 0 spiro atoms. The number of para-hydroxylation sites is 1. The van der Waals surface area contributed by atoms with Crippen LogP contribution in [-0.2, 0) is 16.0 Å². The van der Waals surface area contributed by atoms with Crippen molar-refractivity contribution in [1.29, 1.82) is 0 Å². The molecular weight excluding hydrogens is 306 g/mol. The van der Waals surface area contributed by atoms with E-state index >= 15 is 0 Å². The Morgan fingerprint density at radius 1 is 1.04 bits per heavy atom. The highest BCUT2D eigenvalue weighted by molar-refractivity contribution is 5.89. The van der Waals surface area contributed by atoms with Gasteiger partial charge in [-0.1, -0.05) is 30.3 Å². The molecule has 0 aliphatic carbocycles. The second kappa shape index (κ2) is 8.72. The van der Waals surface area contributed by atoms with E-state index in [2.05, 4.69) is 10.1 Å². The number of nitrogens with one attached hydrogen (secondary N) is 1. The molecule has 5 nitrogen and oxygen atoms in total. The smallest absolute Gasteiger partial charge is 0.337 e. The van der Waals surface area contributed by atoms with Crippen LogP contribution in [0.3, 0.4) is 0 Å². The Morgan fingerprint density at radius 3 is 2.33 bits per heavy atom. The molecular formula is C19H21NO4. The molecule has 1 atom stereocenters. The standard InChI is InChI=1S/C19H21NO4/c1-14(24-17-6-4-3-5-7-17)18(21)20-13-12-15-8-10-16(11-9-15)19(22)23-2/h3-11,14H,12-13H2,1-2H3,(H,20,21). The van der Waals surface area contributed by atoms with E-state index < -0.39 is 6.10 Å². The highest BCUT2D eigenvalue weighted by atomic mass is 16.5. The average molecular weight is 327 g/mol. The molecule has 1 unspecified atom stereocenters. The van der Waals surface area contributed by atoms with Crippen LogP contribution in [0.15, 0.2) is 54.6 Å². The third-order valence-corrected chi connectivity index (χ3v) is 3.51. The number of esters is 1. The van der Waals surface area contributed by atoms with Crippen LogP contribution in [0.25, 0.3) is 0 Å². The number of ether oxygens (including phenoxy) is 2. The van der Waals surface area contributed by atoms with Crippen LogP contribution in [0, 0.1) is 0 Å². The maximum absolute atomic E-state index is 12.0. The molecule has 2 aromatic carbocycles. The molecule has 0 fully saturated rings. The Kier molecular flexibility index (Phi) is 6.37. The minimum absolute atomic E-state index is 0.162. The molecule has 0 saturated carbocycles. The minimum atomic E-state index is -0.561. The molecule has 126 valence electrons. The summed E-state index contributed by atoms with van der Waals surface area (Å²) in [5, 5.41) is 2.84. The lowest BCUT2D eigenvalue weighted by molar-refractivity contribution is -0.127. The summed E-state index contributed by atoms with van der Waals surface area (Å²) in [5.74, 6) is 0.144. The Bertz CT molecular complexity index is 668. The fourth-order valence-electron chi connectivity index (χ4n) is 2.16. The lowest BCUT2D eigenvalue weighted by atomic mass is 10.1. The Morgan fingerprint density at radius 2 is 1.71 bits per heavy atom. The Hall–Kier alpha value is -2.82. The van der Waals surface area contributed by atoms with Gasteiger partial charge in [0.2, 0.25) is 0 Å². The molecule has 2 rings (SSSR count). The molecule has 0 aliphatic heterocycles. The predicted molar refractivity (Wildman–Crippen MR) is 91.0 cm³/mol. The number of rotatable bonds is 7. The van der Waals surface area contributed by atoms with Gasteiger partial charge in [0, 0.05) is 6.54 Å². The number of hydrogen-bond acceptors (Lipinski definition) is 4. The van der Waals surface area contributed by atoms with Crippen LogP contribution < -0.4 is 10.1 Å². The van der Waals surface area contributed by atoms with Crippen LogP contribution in [0.2, 0.25) is 0 Å². The van der Waals surface area contributed by atoms with Gasteiger partial charge < -0.3 is 14.8 Å². The van der Waals surface area contributed by atoms with Crippen molar-refractivity contribution in [3.8, 4) is 5.75 Å². The van der Waals surface area contributed by atoms with E-state index in [-0.39, 0.29) is 11.9 Å². The van der Waals surface area contributed by atoms with Gasteiger partial charge in [0.15, 0.2) is 6.10 Å². The molecule has 5 heteroatoms. The summed E-state index contributed by atoms with van der Waals surface area (Å²) in [5.41, 5.74) is 1.54. The van der Waals surface area contributed by atoms with Crippen molar-refractivity contribution in [2.24, 2.45) is 0 Å². The summed E-state index contributed by atoms with van der Waals surface area (Å²) < 4.78 is 10.2. The highest BCUT2D eigenvalue weighted by Gasteiger charge is 2.13. The zero-order valence-corrected chi connectivity index (χ0v) is 13.8. The van der Waals surface area contributed by atoms with Crippen LogP contribution in [0.5, 0.6) is 5.75 Å². The van der Waals surface area contributed by atoms with Crippen molar-refractivity contribution in [2.45, 2.75) is 19.4 Å².